The molecule has 1 aromatic rings. The maximum Gasteiger partial charge on any atom is 0.253 e. The third-order valence-corrected chi connectivity index (χ3v) is 4.70. The van der Waals surface area contributed by atoms with Crippen LogP contribution in [0.5, 0.6) is 0 Å². The highest BCUT2D eigenvalue weighted by atomic mass is 16.5. The lowest BCUT2D eigenvalue weighted by atomic mass is 9.91. The van der Waals surface area contributed by atoms with Crippen LogP contribution in [-0.4, -0.2) is 34.2 Å². The molecule has 0 aromatic carbocycles. The number of allylic oxidation sites excluding steroid dienone is 1. The van der Waals surface area contributed by atoms with Gasteiger partial charge in [-0.3, -0.25) is 9.48 Å². The molecule has 5 heteroatoms. The van der Waals surface area contributed by atoms with Crippen molar-refractivity contribution in [2.45, 2.75) is 45.1 Å². The summed E-state index contributed by atoms with van der Waals surface area (Å²) in [5.74, 6) is 0.897. The molecule has 1 atom stereocenters. The monoisotopic (exact) mass is 289 g/mol. The van der Waals surface area contributed by atoms with Crippen LogP contribution in [0.15, 0.2) is 17.5 Å². The minimum atomic E-state index is 0.105. The summed E-state index contributed by atoms with van der Waals surface area (Å²) in [6, 6.07) is 0.136. The van der Waals surface area contributed by atoms with E-state index in [-0.39, 0.29) is 11.9 Å². The third-order valence-electron chi connectivity index (χ3n) is 4.70. The number of carbonyl (C=O) groups is 1. The molecular formula is C16H23N3O2. The summed E-state index contributed by atoms with van der Waals surface area (Å²) in [5.41, 5.74) is 3.30. The molecule has 0 fully saturated rings. The van der Waals surface area contributed by atoms with Crippen molar-refractivity contribution in [2.75, 3.05) is 13.7 Å². The molecule has 1 unspecified atom stereocenters. The van der Waals surface area contributed by atoms with Gasteiger partial charge in [-0.2, -0.15) is 5.10 Å². The van der Waals surface area contributed by atoms with E-state index in [1.807, 2.05) is 36.8 Å². The first kappa shape index (κ1) is 14.2. The zero-order valence-electron chi connectivity index (χ0n) is 13.1. The molecule has 0 saturated heterocycles. The Balaban J connectivity index is 1.86. The van der Waals surface area contributed by atoms with Crippen molar-refractivity contribution in [3.8, 4) is 0 Å². The minimum Gasteiger partial charge on any atom is -0.498 e. The minimum absolute atomic E-state index is 0.105. The third kappa shape index (κ3) is 2.45. The van der Waals surface area contributed by atoms with Gasteiger partial charge in [-0.05, 0) is 39.0 Å². The number of hydrogen-bond donors (Lipinski definition) is 0. The summed E-state index contributed by atoms with van der Waals surface area (Å²) in [6.07, 6.45) is 6.82. The number of aromatic nitrogens is 2. The molecule has 0 spiro atoms. The molecule has 114 valence electrons. The van der Waals surface area contributed by atoms with E-state index in [2.05, 4.69) is 5.10 Å². The number of fused-ring (bicyclic) bond motifs is 1. The van der Waals surface area contributed by atoms with Crippen LogP contribution < -0.4 is 0 Å². The smallest absolute Gasteiger partial charge is 0.253 e. The zero-order valence-corrected chi connectivity index (χ0v) is 13.1. The highest BCUT2D eigenvalue weighted by molar-refractivity contribution is 5.94. The van der Waals surface area contributed by atoms with E-state index in [9.17, 15) is 4.79 Å². The number of hydrogen-bond acceptors (Lipinski definition) is 3. The molecule has 1 aromatic heterocycles. The Hall–Kier alpha value is -1.78. The van der Waals surface area contributed by atoms with Gasteiger partial charge >= 0.3 is 0 Å². The Morgan fingerprint density at radius 2 is 2.24 bits per heavy atom. The number of nitrogens with zero attached hydrogens (tertiary/aromatic N) is 3. The molecule has 3 rings (SSSR count). The van der Waals surface area contributed by atoms with Crippen LogP contribution in [0.1, 0.15) is 49.9 Å². The van der Waals surface area contributed by atoms with Crippen LogP contribution in [0.3, 0.4) is 0 Å². The molecule has 2 heterocycles. The van der Waals surface area contributed by atoms with Crippen molar-refractivity contribution in [1.82, 2.24) is 14.7 Å². The molecule has 5 nitrogen and oxygen atoms in total. The highest BCUT2D eigenvalue weighted by Crippen LogP contribution is 2.34. The Bertz CT molecular complexity index is 588. The summed E-state index contributed by atoms with van der Waals surface area (Å²) in [4.78, 5) is 14.7. The van der Waals surface area contributed by atoms with Gasteiger partial charge in [-0.25, -0.2) is 0 Å². The summed E-state index contributed by atoms with van der Waals surface area (Å²) in [7, 11) is 3.88. The van der Waals surface area contributed by atoms with Gasteiger partial charge in [0.05, 0.1) is 24.4 Å². The fourth-order valence-corrected chi connectivity index (χ4v) is 3.43. The van der Waals surface area contributed by atoms with Crippen molar-refractivity contribution >= 4 is 5.91 Å². The van der Waals surface area contributed by atoms with Crippen LogP contribution in [0.25, 0.3) is 0 Å². The first-order valence-electron chi connectivity index (χ1n) is 7.70. The van der Waals surface area contributed by atoms with Gasteiger partial charge in [0.1, 0.15) is 5.76 Å². The summed E-state index contributed by atoms with van der Waals surface area (Å²) < 4.78 is 7.48. The molecule has 0 N–H and O–H groups in total. The van der Waals surface area contributed by atoms with Crippen molar-refractivity contribution in [3.63, 3.8) is 0 Å². The van der Waals surface area contributed by atoms with Crippen molar-refractivity contribution < 1.29 is 9.53 Å². The van der Waals surface area contributed by atoms with Gasteiger partial charge in [0.15, 0.2) is 0 Å². The SMILES string of the molecule is CC1=C(C(=O)N(C)C2CCCc3c2cnn3C)CCCO1. The predicted octanol–water partition coefficient (Wildman–Crippen LogP) is 2.34. The quantitative estimate of drug-likeness (QED) is 0.839. The van der Waals surface area contributed by atoms with E-state index < -0.39 is 0 Å². The molecule has 0 radical (unpaired) electrons. The lowest BCUT2D eigenvalue weighted by molar-refractivity contribution is -0.129. The average Bonchev–Trinajstić information content (AvgIpc) is 2.88. The van der Waals surface area contributed by atoms with Gasteiger partial charge in [0.2, 0.25) is 0 Å². The normalized spacial score (nSPS) is 21.8. The standard InChI is InChI=1S/C16H23N3O2/c1-11-12(6-5-9-21-11)16(20)18(2)14-7-4-8-15-13(14)10-17-19(15)3/h10,14H,4-9H2,1-3H3. The average molecular weight is 289 g/mol. The molecule has 1 amide bonds. The number of aryl methyl sites for hydroxylation is 1. The fourth-order valence-electron chi connectivity index (χ4n) is 3.43. The summed E-state index contributed by atoms with van der Waals surface area (Å²) >= 11 is 0. The maximum atomic E-state index is 12.8. The second kappa shape index (κ2) is 5.54. The van der Waals surface area contributed by atoms with Gasteiger partial charge in [0, 0.05) is 25.4 Å². The number of amides is 1. The molecule has 1 aliphatic carbocycles. The van der Waals surface area contributed by atoms with Crippen molar-refractivity contribution in [1.29, 1.82) is 0 Å². The largest absolute Gasteiger partial charge is 0.498 e. The van der Waals surface area contributed by atoms with E-state index in [1.54, 1.807) is 0 Å². The Morgan fingerprint density at radius 1 is 1.43 bits per heavy atom. The Labute approximate surface area is 125 Å². The second-order valence-corrected chi connectivity index (χ2v) is 5.98. The molecule has 0 bridgehead atoms. The molecule has 21 heavy (non-hydrogen) atoms. The predicted molar refractivity (Wildman–Crippen MR) is 79.5 cm³/mol. The molecule has 2 aliphatic rings. The summed E-state index contributed by atoms with van der Waals surface area (Å²) in [5, 5.41) is 4.36. The van der Waals surface area contributed by atoms with E-state index in [1.165, 1.54) is 11.3 Å². The van der Waals surface area contributed by atoms with Crippen molar-refractivity contribution in [3.05, 3.63) is 28.8 Å². The molecular weight excluding hydrogens is 266 g/mol. The highest BCUT2D eigenvalue weighted by Gasteiger charge is 2.31. The first-order chi connectivity index (χ1) is 10.1. The number of ether oxygens (including phenoxy) is 1. The van der Waals surface area contributed by atoms with Crippen LogP contribution in [-0.2, 0) is 23.0 Å². The number of likely N-dealkylation sites (N-methyl/N-ethyl adjacent to an activating group) is 1. The Morgan fingerprint density at radius 3 is 3.00 bits per heavy atom. The Kier molecular flexibility index (Phi) is 3.74. The number of carbonyl (C=O) groups excluding carboxylic acids is 1. The first-order valence-corrected chi connectivity index (χ1v) is 7.70. The van der Waals surface area contributed by atoms with E-state index in [0.29, 0.717) is 0 Å². The van der Waals surface area contributed by atoms with Gasteiger partial charge in [0.25, 0.3) is 5.91 Å². The lowest BCUT2D eigenvalue weighted by Gasteiger charge is -2.33. The van der Waals surface area contributed by atoms with Crippen LogP contribution >= 0.6 is 0 Å². The van der Waals surface area contributed by atoms with Gasteiger partial charge < -0.3 is 9.64 Å². The van der Waals surface area contributed by atoms with E-state index >= 15 is 0 Å². The zero-order chi connectivity index (χ0) is 15.0. The topological polar surface area (TPSA) is 47.4 Å². The summed E-state index contributed by atoms with van der Waals surface area (Å²) in [6.45, 7) is 2.62. The van der Waals surface area contributed by atoms with Crippen LogP contribution in [0, 0.1) is 0 Å². The van der Waals surface area contributed by atoms with Crippen molar-refractivity contribution in [2.24, 2.45) is 7.05 Å². The second-order valence-electron chi connectivity index (χ2n) is 5.98. The van der Waals surface area contributed by atoms with Crippen LogP contribution in [0.4, 0.5) is 0 Å². The van der Waals surface area contributed by atoms with E-state index in [0.717, 1.165) is 50.0 Å². The molecule has 0 saturated carbocycles. The lowest BCUT2D eigenvalue weighted by Crippen LogP contribution is -2.35. The maximum absolute atomic E-state index is 12.8. The van der Waals surface area contributed by atoms with Crippen LogP contribution in [0.2, 0.25) is 0 Å². The van der Waals surface area contributed by atoms with Gasteiger partial charge in [-0.1, -0.05) is 0 Å². The molecule has 1 aliphatic heterocycles. The van der Waals surface area contributed by atoms with E-state index in [4.69, 9.17) is 4.74 Å². The van der Waals surface area contributed by atoms with Gasteiger partial charge in [-0.15, -0.1) is 0 Å². The number of rotatable bonds is 2. The fraction of sp³-hybridized carbons (Fsp3) is 0.625.